The van der Waals surface area contributed by atoms with E-state index in [0.717, 1.165) is 33.2 Å². The van der Waals surface area contributed by atoms with E-state index in [-0.39, 0.29) is 12.5 Å². The topological polar surface area (TPSA) is 83.7 Å². The van der Waals surface area contributed by atoms with Gasteiger partial charge >= 0.3 is 5.97 Å². The molecule has 0 atom stereocenters. The summed E-state index contributed by atoms with van der Waals surface area (Å²) in [5.41, 5.74) is 4.83. The Balaban J connectivity index is 1.85. The number of hydrogen-bond donors (Lipinski definition) is 1. The van der Waals surface area contributed by atoms with E-state index in [2.05, 4.69) is 16.0 Å². The highest BCUT2D eigenvalue weighted by atomic mass is 16.5. The number of aromatic amines is 1. The highest BCUT2D eigenvalue weighted by Crippen LogP contribution is 2.29. The van der Waals surface area contributed by atoms with Gasteiger partial charge in [0.25, 0.3) is 0 Å². The van der Waals surface area contributed by atoms with Crippen molar-refractivity contribution >= 4 is 39.6 Å². The Morgan fingerprint density at radius 3 is 2.76 bits per heavy atom. The first-order chi connectivity index (χ1) is 14.1. The van der Waals surface area contributed by atoms with Crippen molar-refractivity contribution in [2.24, 2.45) is 0 Å². The number of nitriles is 1. The van der Waals surface area contributed by atoms with Gasteiger partial charge < -0.3 is 14.3 Å². The van der Waals surface area contributed by atoms with Gasteiger partial charge in [-0.2, -0.15) is 5.26 Å². The van der Waals surface area contributed by atoms with Crippen LogP contribution < -0.4 is 0 Å². The number of carbonyl (C=O) groups excluding carboxylic acids is 1. The Kier molecular flexibility index (Phi) is 4.88. The van der Waals surface area contributed by atoms with Crippen LogP contribution in [0.4, 0.5) is 0 Å². The number of para-hydroxylation sites is 3. The first kappa shape index (κ1) is 18.5. The fraction of sp³-hybridized carbons (Fsp3) is 0.174. The molecule has 0 unspecified atom stereocenters. The highest BCUT2D eigenvalue weighted by molar-refractivity contribution is 5.99. The molecule has 0 spiro atoms. The van der Waals surface area contributed by atoms with Crippen LogP contribution in [0.1, 0.15) is 24.0 Å². The number of H-pyrrole nitrogens is 1. The number of nitrogens with zero attached hydrogens (tertiary/aromatic N) is 3. The van der Waals surface area contributed by atoms with Crippen LogP contribution in [0.5, 0.6) is 0 Å². The second-order valence-corrected chi connectivity index (χ2v) is 6.68. The molecule has 0 aliphatic rings. The Morgan fingerprint density at radius 1 is 1.24 bits per heavy atom. The Hall–Kier alpha value is -3.85. The molecule has 0 amide bonds. The van der Waals surface area contributed by atoms with Gasteiger partial charge in [0, 0.05) is 22.2 Å². The summed E-state index contributed by atoms with van der Waals surface area (Å²) in [6, 6.07) is 17.8. The quantitative estimate of drug-likeness (QED) is 0.407. The molecule has 0 saturated carbocycles. The van der Waals surface area contributed by atoms with Crippen molar-refractivity contribution in [3.63, 3.8) is 0 Å². The first-order valence-corrected chi connectivity index (χ1v) is 9.42. The molecule has 4 aromatic rings. The van der Waals surface area contributed by atoms with Crippen molar-refractivity contribution in [1.82, 2.24) is 14.5 Å². The lowest BCUT2D eigenvalue weighted by Crippen LogP contribution is -2.14. The number of carbonyl (C=O) groups is 1. The SMILES string of the molecule is CCOC(=O)Cn1c(C)c(/C=C(/C#N)c2nc3ccccc3[nH]2)c2ccccc21. The lowest BCUT2D eigenvalue weighted by Gasteiger charge is -2.07. The second-order valence-electron chi connectivity index (χ2n) is 6.68. The zero-order chi connectivity index (χ0) is 20.4. The van der Waals surface area contributed by atoms with Crippen LogP contribution in [-0.4, -0.2) is 27.1 Å². The molecule has 2 heterocycles. The minimum Gasteiger partial charge on any atom is -0.465 e. The van der Waals surface area contributed by atoms with E-state index < -0.39 is 0 Å². The third-order valence-corrected chi connectivity index (χ3v) is 4.93. The van der Waals surface area contributed by atoms with Gasteiger partial charge in [0.2, 0.25) is 0 Å². The van der Waals surface area contributed by atoms with Crippen molar-refractivity contribution in [3.8, 4) is 6.07 Å². The second kappa shape index (κ2) is 7.64. The number of ether oxygens (including phenoxy) is 1. The Labute approximate surface area is 168 Å². The summed E-state index contributed by atoms with van der Waals surface area (Å²) in [6.07, 6.45) is 1.83. The molecule has 2 aromatic heterocycles. The maximum Gasteiger partial charge on any atom is 0.325 e. The highest BCUT2D eigenvalue weighted by Gasteiger charge is 2.17. The van der Waals surface area contributed by atoms with E-state index >= 15 is 0 Å². The smallest absolute Gasteiger partial charge is 0.325 e. The molecule has 6 nitrogen and oxygen atoms in total. The lowest BCUT2D eigenvalue weighted by molar-refractivity contribution is -0.143. The summed E-state index contributed by atoms with van der Waals surface area (Å²) >= 11 is 0. The number of rotatable bonds is 5. The average molecular weight is 384 g/mol. The fourth-order valence-corrected chi connectivity index (χ4v) is 3.56. The largest absolute Gasteiger partial charge is 0.465 e. The van der Waals surface area contributed by atoms with E-state index in [1.54, 1.807) is 6.92 Å². The Bertz CT molecular complexity index is 1250. The van der Waals surface area contributed by atoms with Crippen LogP contribution >= 0.6 is 0 Å². The van der Waals surface area contributed by atoms with Gasteiger partial charge in [-0.3, -0.25) is 4.79 Å². The summed E-state index contributed by atoms with van der Waals surface area (Å²) in [5, 5.41) is 10.8. The molecule has 144 valence electrons. The van der Waals surface area contributed by atoms with Crippen LogP contribution in [0.3, 0.4) is 0 Å². The number of nitrogens with one attached hydrogen (secondary N) is 1. The molecule has 6 heteroatoms. The Morgan fingerprint density at radius 2 is 2.00 bits per heavy atom. The fourth-order valence-electron chi connectivity index (χ4n) is 3.56. The predicted octanol–water partition coefficient (Wildman–Crippen LogP) is 4.45. The van der Waals surface area contributed by atoms with E-state index in [1.165, 1.54) is 0 Å². The third-order valence-electron chi connectivity index (χ3n) is 4.93. The van der Waals surface area contributed by atoms with Crippen LogP contribution in [0.15, 0.2) is 48.5 Å². The molecule has 0 bridgehead atoms. The number of aromatic nitrogens is 3. The molecule has 0 radical (unpaired) electrons. The van der Waals surface area contributed by atoms with Gasteiger partial charge in [-0.25, -0.2) is 4.98 Å². The molecule has 29 heavy (non-hydrogen) atoms. The molecule has 4 rings (SSSR count). The van der Waals surface area contributed by atoms with Crippen molar-refractivity contribution in [1.29, 1.82) is 5.26 Å². The molecule has 0 fully saturated rings. The van der Waals surface area contributed by atoms with Crippen molar-refractivity contribution in [2.45, 2.75) is 20.4 Å². The summed E-state index contributed by atoms with van der Waals surface area (Å²) in [5.74, 6) is 0.236. The molecule has 0 aliphatic carbocycles. The zero-order valence-corrected chi connectivity index (χ0v) is 16.3. The van der Waals surface area contributed by atoms with E-state index in [0.29, 0.717) is 18.0 Å². The summed E-state index contributed by atoms with van der Waals surface area (Å²) < 4.78 is 7.05. The number of benzene rings is 2. The van der Waals surface area contributed by atoms with Gasteiger partial charge in [0.05, 0.1) is 23.2 Å². The number of hydrogen-bond acceptors (Lipinski definition) is 4. The van der Waals surface area contributed by atoms with Gasteiger partial charge in [0.15, 0.2) is 0 Å². The number of esters is 1. The van der Waals surface area contributed by atoms with Crippen LogP contribution in [0.2, 0.25) is 0 Å². The summed E-state index contributed by atoms with van der Waals surface area (Å²) in [6.45, 7) is 4.20. The van der Waals surface area contributed by atoms with Crippen LogP contribution in [0.25, 0.3) is 33.6 Å². The molecule has 0 aliphatic heterocycles. The van der Waals surface area contributed by atoms with Gasteiger partial charge in [0.1, 0.15) is 18.4 Å². The minimum atomic E-state index is -0.287. The average Bonchev–Trinajstić information content (AvgIpc) is 3.26. The lowest BCUT2D eigenvalue weighted by atomic mass is 10.1. The van der Waals surface area contributed by atoms with Crippen molar-refractivity contribution in [3.05, 3.63) is 65.6 Å². The summed E-state index contributed by atoms with van der Waals surface area (Å²) in [7, 11) is 0. The molecule has 0 saturated heterocycles. The number of fused-ring (bicyclic) bond motifs is 2. The van der Waals surface area contributed by atoms with Gasteiger partial charge in [-0.1, -0.05) is 30.3 Å². The van der Waals surface area contributed by atoms with Crippen LogP contribution in [-0.2, 0) is 16.1 Å². The molecular formula is C23H20N4O2. The normalized spacial score (nSPS) is 11.7. The van der Waals surface area contributed by atoms with E-state index in [4.69, 9.17) is 4.74 Å². The van der Waals surface area contributed by atoms with E-state index in [1.807, 2.05) is 66.1 Å². The number of allylic oxidation sites excluding steroid dienone is 1. The van der Waals surface area contributed by atoms with Crippen LogP contribution in [0, 0.1) is 18.3 Å². The van der Waals surface area contributed by atoms with Gasteiger partial charge in [-0.15, -0.1) is 0 Å². The molecule has 1 N–H and O–H groups in total. The standard InChI is InChI=1S/C23H20N4O2/c1-3-29-22(28)14-27-15(2)18(17-8-4-7-11-21(17)27)12-16(13-24)23-25-19-9-5-6-10-20(19)26-23/h4-12H,3,14H2,1-2H3,(H,25,26)/b16-12-. The minimum absolute atomic E-state index is 0.126. The molecular weight excluding hydrogens is 364 g/mol. The van der Waals surface area contributed by atoms with E-state index in [9.17, 15) is 10.1 Å². The first-order valence-electron chi connectivity index (χ1n) is 9.42. The molecule has 2 aromatic carbocycles. The maximum atomic E-state index is 12.1. The monoisotopic (exact) mass is 384 g/mol. The maximum absolute atomic E-state index is 12.1. The summed E-state index contributed by atoms with van der Waals surface area (Å²) in [4.78, 5) is 19.8. The van der Waals surface area contributed by atoms with Gasteiger partial charge in [-0.05, 0) is 38.1 Å². The predicted molar refractivity (Wildman–Crippen MR) is 113 cm³/mol. The third kappa shape index (κ3) is 3.39. The zero-order valence-electron chi connectivity index (χ0n) is 16.3. The van der Waals surface area contributed by atoms with Crippen molar-refractivity contribution in [2.75, 3.05) is 6.61 Å². The number of imidazole rings is 1. The van der Waals surface area contributed by atoms with Crippen molar-refractivity contribution < 1.29 is 9.53 Å².